The number of hydrogen-bond acceptors (Lipinski definition) is 2. The summed E-state index contributed by atoms with van der Waals surface area (Å²) in [6, 6.07) is 10.1. The summed E-state index contributed by atoms with van der Waals surface area (Å²) in [5.74, 6) is -0.202. The Morgan fingerprint density at radius 1 is 1.28 bits per heavy atom. The number of aryl methyl sites for hydroxylation is 1. The lowest BCUT2D eigenvalue weighted by atomic mass is 10.2. The molecular weight excluding hydrogens is 226 g/mol. The van der Waals surface area contributed by atoms with Crippen molar-refractivity contribution >= 4 is 16.9 Å². The molecule has 0 aliphatic carbocycles. The monoisotopic (exact) mass is 245 g/mol. The van der Waals surface area contributed by atoms with Gasteiger partial charge in [0.2, 0.25) is 0 Å². The number of rotatable bonds is 2. The lowest BCUT2D eigenvalue weighted by molar-refractivity contribution is -0.155. The standard InChI is InChI=1S/C15H19NO2/c1-11-9-12-7-5-6-8-13(12)16(11)10-14(17)18-15(2,3)4/h5-9H,10H2,1-4H3. The molecule has 1 heterocycles. The molecule has 0 amide bonds. The van der Waals surface area contributed by atoms with Gasteiger partial charge in [0.05, 0.1) is 0 Å². The first-order valence-corrected chi connectivity index (χ1v) is 6.13. The van der Waals surface area contributed by atoms with Crippen molar-refractivity contribution in [3.63, 3.8) is 0 Å². The number of nitrogens with zero attached hydrogens (tertiary/aromatic N) is 1. The maximum Gasteiger partial charge on any atom is 0.326 e. The van der Waals surface area contributed by atoms with Crippen LogP contribution >= 0.6 is 0 Å². The van der Waals surface area contributed by atoms with Crippen LogP contribution in [0.1, 0.15) is 26.5 Å². The molecule has 0 saturated heterocycles. The van der Waals surface area contributed by atoms with E-state index in [1.165, 1.54) is 0 Å². The quantitative estimate of drug-likeness (QED) is 0.760. The second-order valence-electron chi connectivity index (χ2n) is 5.52. The van der Waals surface area contributed by atoms with Crippen molar-refractivity contribution in [2.75, 3.05) is 0 Å². The van der Waals surface area contributed by atoms with Crippen molar-refractivity contribution in [3.05, 3.63) is 36.0 Å². The molecule has 0 spiro atoms. The first-order valence-electron chi connectivity index (χ1n) is 6.13. The van der Waals surface area contributed by atoms with Crippen LogP contribution in [-0.2, 0) is 16.1 Å². The van der Waals surface area contributed by atoms with Gasteiger partial charge in [0, 0.05) is 11.2 Å². The average molecular weight is 245 g/mol. The lowest BCUT2D eigenvalue weighted by Crippen LogP contribution is -2.26. The van der Waals surface area contributed by atoms with Gasteiger partial charge in [0.25, 0.3) is 0 Å². The fourth-order valence-electron chi connectivity index (χ4n) is 2.06. The summed E-state index contributed by atoms with van der Waals surface area (Å²) in [5, 5.41) is 1.15. The third-order valence-electron chi connectivity index (χ3n) is 2.72. The normalized spacial score (nSPS) is 11.8. The number of carbonyl (C=O) groups is 1. The van der Waals surface area contributed by atoms with E-state index in [0.29, 0.717) is 0 Å². The van der Waals surface area contributed by atoms with Crippen molar-refractivity contribution in [1.29, 1.82) is 0 Å². The summed E-state index contributed by atoms with van der Waals surface area (Å²) in [4.78, 5) is 11.9. The minimum Gasteiger partial charge on any atom is -0.459 e. The molecule has 0 N–H and O–H groups in total. The number of fused-ring (bicyclic) bond motifs is 1. The fourth-order valence-corrected chi connectivity index (χ4v) is 2.06. The zero-order valence-electron chi connectivity index (χ0n) is 11.4. The maximum atomic E-state index is 11.9. The molecule has 1 aromatic carbocycles. The molecule has 0 atom stereocenters. The van der Waals surface area contributed by atoms with Crippen LogP contribution in [0.2, 0.25) is 0 Å². The number of benzene rings is 1. The molecule has 0 aliphatic rings. The van der Waals surface area contributed by atoms with Crippen LogP contribution in [0.4, 0.5) is 0 Å². The largest absolute Gasteiger partial charge is 0.459 e. The molecule has 0 fully saturated rings. The fraction of sp³-hybridized carbons (Fsp3) is 0.400. The number of para-hydroxylation sites is 1. The predicted octanol–water partition coefficient (Wildman–Crippen LogP) is 3.29. The van der Waals surface area contributed by atoms with Gasteiger partial charge < -0.3 is 9.30 Å². The molecule has 2 aromatic rings. The van der Waals surface area contributed by atoms with Gasteiger partial charge in [-0.3, -0.25) is 4.79 Å². The van der Waals surface area contributed by atoms with Gasteiger partial charge in [-0.1, -0.05) is 18.2 Å². The Morgan fingerprint density at radius 3 is 2.61 bits per heavy atom. The van der Waals surface area contributed by atoms with Gasteiger partial charge in [-0.05, 0) is 45.2 Å². The second-order valence-corrected chi connectivity index (χ2v) is 5.52. The number of hydrogen-bond donors (Lipinski definition) is 0. The summed E-state index contributed by atoms with van der Waals surface area (Å²) >= 11 is 0. The van der Waals surface area contributed by atoms with Crippen molar-refractivity contribution < 1.29 is 9.53 Å². The summed E-state index contributed by atoms with van der Waals surface area (Å²) in [6.07, 6.45) is 0. The highest BCUT2D eigenvalue weighted by atomic mass is 16.6. The first-order chi connectivity index (χ1) is 8.37. The van der Waals surface area contributed by atoms with Crippen LogP contribution in [0.25, 0.3) is 10.9 Å². The Balaban J connectivity index is 2.27. The Labute approximate surface area is 107 Å². The Kier molecular flexibility index (Phi) is 3.16. The molecule has 3 heteroatoms. The maximum absolute atomic E-state index is 11.9. The Bertz CT molecular complexity index is 576. The first kappa shape index (κ1) is 12.7. The van der Waals surface area contributed by atoms with Gasteiger partial charge >= 0.3 is 5.97 Å². The van der Waals surface area contributed by atoms with Crippen LogP contribution in [-0.4, -0.2) is 16.1 Å². The summed E-state index contributed by atoms with van der Waals surface area (Å²) in [6.45, 7) is 7.91. The number of esters is 1. The molecule has 0 bridgehead atoms. The van der Waals surface area contributed by atoms with Crippen molar-refractivity contribution in [2.45, 2.75) is 39.8 Å². The van der Waals surface area contributed by atoms with Gasteiger partial charge in [0.15, 0.2) is 0 Å². The third-order valence-corrected chi connectivity index (χ3v) is 2.72. The van der Waals surface area contributed by atoms with Crippen LogP contribution < -0.4 is 0 Å². The third kappa shape index (κ3) is 2.73. The minimum atomic E-state index is -0.437. The number of aromatic nitrogens is 1. The molecule has 1 aromatic heterocycles. The smallest absolute Gasteiger partial charge is 0.326 e. The Hall–Kier alpha value is -1.77. The van der Waals surface area contributed by atoms with Crippen molar-refractivity contribution in [2.24, 2.45) is 0 Å². The van der Waals surface area contributed by atoms with E-state index in [1.54, 1.807) is 0 Å². The minimum absolute atomic E-state index is 0.202. The molecule has 0 unspecified atom stereocenters. The molecule has 2 rings (SSSR count). The van der Waals surface area contributed by atoms with E-state index in [-0.39, 0.29) is 12.5 Å². The predicted molar refractivity (Wildman–Crippen MR) is 72.5 cm³/mol. The molecule has 3 nitrogen and oxygen atoms in total. The lowest BCUT2D eigenvalue weighted by Gasteiger charge is -2.20. The molecule has 0 saturated carbocycles. The van der Waals surface area contributed by atoms with Crippen LogP contribution in [0.15, 0.2) is 30.3 Å². The van der Waals surface area contributed by atoms with Gasteiger partial charge in [-0.15, -0.1) is 0 Å². The molecule has 96 valence electrons. The van der Waals surface area contributed by atoms with E-state index in [4.69, 9.17) is 4.74 Å². The van der Waals surface area contributed by atoms with E-state index in [9.17, 15) is 4.79 Å². The van der Waals surface area contributed by atoms with E-state index in [0.717, 1.165) is 16.6 Å². The second kappa shape index (κ2) is 4.48. The highest BCUT2D eigenvalue weighted by Gasteiger charge is 2.17. The summed E-state index contributed by atoms with van der Waals surface area (Å²) < 4.78 is 7.34. The van der Waals surface area contributed by atoms with Gasteiger partial charge in [0.1, 0.15) is 12.1 Å². The zero-order chi connectivity index (χ0) is 13.3. The topological polar surface area (TPSA) is 31.2 Å². The molecule has 18 heavy (non-hydrogen) atoms. The SMILES string of the molecule is Cc1cc2ccccc2n1CC(=O)OC(C)(C)C. The Morgan fingerprint density at radius 2 is 1.94 bits per heavy atom. The van der Waals surface area contributed by atoms with Gasteiger partial charge in [-0.2, -0.15) is 0 Å². The molecule has 0 radical (unpaired) electrons. The number of ether oxygens (including phenoxy) is 1. The van der Waals surface area contributed by atoms with Crippen LogP contribution in [0, 0.1) is 6.92 Å². The average Bonchev–Trinajstić information content (AvgIpc) is 2.53. The summed E-state index contributed by atoms with van der Waals surface area (Å²) in [7, 11) is 0. The zero-order valence-corrected chi connectivity index (χ0v) is 11.4. The van der Waals surface area contributed by atoms with Crippen molar-refractivity contribution in [1.82, 2.24) is 4.57 Å². The number of carbonyl (C=O) groups excluding carboxylic acids is 1. The highest BCUT2D eigenvalue weighted by Crippen LogP contribution is 2.19. The van der Waals surface area contributed by atoms with Crippen molar-refractivity contribution in [3.8, 4) is 0 Å². The highest BCUT2D eigenvalue weighted by molar-refractivity contribution is 5.83. The van der Waals surface area contributed by atoms with E-state index < -0.39 is 5.60 Å². The van der Waals surface area contributed by atoms with Gasteiger partial charge in [-0.25, -0.2) is 0 Å². The van der Waals surface area contributed by atoms with E-state index >= 15 is 0 Å². The summed E-state index contributed by atoms with van der Waals surface area (Å²) in [5.41, 5.74) is 1.71. The van der Waals surface area contributed by atoms with Crippen LogP contribution in [0.3, 0.4) is 0 Å². The molecular formula is C15H19NO2. The van der Waals surface area contributed by atoms with E-state index in [2.05, 4.69) is 6.07 Å². The van der Waals surface area contributed by atoms with E-state index in [1.807, 2.05) is 56.5 Å². The molecule has 0 aliphatic heterocycles. The van der Waals surface area contributed by atoms with Crippen LogP contribution in [0.5, 0.6) is 0 Å².